The Kier molecular flexibility index (Phi) is 6.44. The molecule has 1 heterocycles. The molecule has 0 unspecified atom stereocenters. The number of rotatable bonds is 7. The minimum absolute atomic E-state index is 0.175. The number of aromatic nitrogens is 3. The zero-order chi connectivity index (χ0) is 19.9. The van der Waals surface area contributed by atoms with E-state index >= 15 is 0 Å². The molecule has 0 radical (unpaired) electrons. The highest BCUT2D eigenvalue weighted by molar-refractivity contribution is 7.99. The van der Waals surface area contributed by atoms with Gasteiger partial charge in [-0.05, 0) is 36.2 Å². The summed E-state index contributed by atoms with van der Waals surface area (Å²) < 4.78 is 1.75. The van der Waals surface area contributed by atoms with Gasteiger partial charge in [-0.2, -0.15) is 0 Å². The summed E-state index contributed by atoms with van der Waals surface area (Å²) in [5.41, 5.74) is 3.27. The predicted octanol–water partition coefficient (Wildman–Crippen LogP) is 2.78. The van der Waals surface area contributed by atoms with Crippen LogP contribution in [-0.4, -0.2) is 32.3 Å². The molecule has 8 heteroatoms. The molecule has 0 aliphatic rings. The lowest BCUT2D eigenvalue weighted by molar-refractivity contribution is -0.113. The monoisotopic (exact) mass is 395 g/mol. The second-order valence-electron chi connectivity index (χ2n) is 6.25. The Hall–Kier alpha value is -3.13. The van der Waals surface area contributed by atoms with Crippen molar-refractivity contribution in [3.8, 4) is 0 Å². The van der Waals surface area contributed by atoms with Gasteiger partial charge in [-0.15, -0.1) is 10.2 Å². The second-order valence-corrected chi connectivity index (χ2v) is 7.19. The first-order chi connectivity index (χ1) is 13.5. The van der Waals surface area contributed by atoms with Crippen molar-refractivity contribution >= 4 is 29.3 Å². The van der Waals surface area contributed by atoms with Crippen LogP contribution in [0.2, 0.25) is 0 Å². The number of benzene rings is 2. The molecule has 0 aliphatic carbocycles. The Morgan fingerprint density at radius 3 is 2.71 bits per heavy atom. The Balaban J connectivity index is 1.55. The summed E-state index contributed by atoms with van der Waals surface area (Å²) in [4.78, 5) is 24.6. The van der Waals surface area contributed by atoms with E-state index in [4.69, 9.17) is 0 Å². The molecule has 2 N–H and O–H groups in total. The fraction of sp³-hybridized carbons (Fsp3) is 0.200. The molecule has 144 valence electrons. The zero-order valence-electron chi connectivity index (χ0n) is 15.7. The third kappa shape index (κ3) is 5.20. The van der Waals surface area contributed by atoms with Crippen molar-refractivity contribution in [2.75, 3.05) is 11.1 Å². The number of hydrogen-bond acceptors (Lipinski definition) is 5. The summed E-state index contributed by atoms with van der Waals surface area (Å²) in [5, 5.41) is 14.1. The smallest absolute Gasteiger partial charge is 0.251 e. The van der Waals surface area contributed by atoms with E-state index in [9.17, 15) is 9.59 Å². The molecular formula is C20H21N5O2S. The molecule has 0 bridgehead atoms. The number of nitrogens with zero attached hydrogens (tertiary/aromatic N) is 3. The van der Waals surface area contributed by atoms with Crippen LogP contribution in [-0.2, 0) is 18.4 Å². The average molecular weight is 395 g/mol. The van der Waals surface area contributed by atoms with E-state index in [0.717, 1.165) is 11.1 Å². The number of carbonyl (C=O) groups is 2. The van der Waals surface area contributed by atoms with Crippen molar-refractivity contribution in [2.45, 2.75) is 18.6 Å². The van der Waals surface area contributed by atoms with Crippen LogP contribution in [0, 0.1) is 6.92 Å². The lowest BCUT2D eigenvalue weighted by Crippen LogP contribution is -2.23. The average Bonchev–Trinajstić information content (AvgIpc) is 3.10. The summed E-state index contributed by atoms with van der Waals surface area (Å²) in [5.74, 6) is -0.158. The molecule has 28 heavy (non-hydrogen) atoms. The van der Waals surface area contributed by atoms with Crippen molar-refractivity contribution in [3.05, 3.63) is 71.5 Å². The maximum Gasteiger partial charge on any atom is 0.251 e. The van der Waals surface area contributed by atoms with Gasteiger partial charge in [-0.1, -0.05) is 42.1 Å². The van der Waals surface area contributed by atoms with Crippen LogP contribution in [0.1, 0.15) is 21.5 Å². The van der Waals surface area contributed by atoms with E-state index in [2.05, 4.69) is 20.8 Å². The highest BCUT2D eigenvalue weighted by Crippen LogP contribution is 2.15. The maximum atomic E-state index is 12.4. The predicted molar refractivity (Wildman–Crippen MR) is 109 cm³/mol. The molecule has 3 aromatic rings. The van der Waals surface area contributed by atoms with Crippen LogP contribution in [0.15, 0.2) is 60.0 Å². The molecule has 0 spiro atoms. The van der Waals surface area contributed by atoms with E-state index in [0.29, 0.717) is 23.0 Å². The van der Waals surface area contributed by atoms with Gasteiger partial charge in [-0.3, -0.25) is 9.59 Å². The normalized spacial score (nSPS) is 10.5. The van der Waals surface area contributed by atoms with Crippen LogP contribution >= 0.6 is 11.8 Å². The molecule has 0 atom stereocenters. The Morgan fingerprint density at radius 1 is 1.14 bits per heavy atom. The Morgan fingerprint density at radius 2 is 1.96 bits per heavy atom. The Bertz CT molecular complexity index is 986. The van der Waals surface area contributed by atoms with Crippen LogP contribution in [0.3, 0.4) is 0 Å². The number of amides is 2. The molecule has 0 saturated carbocycles. The molecule has 0 fully saturated rings. The van der Waals surface area contributed by atoms with Gasteiger partial charge in [0.05, 0.1) is 5.75 Å². The number of anilines is 1. The number of hydrogen-bond donors (Lipinski definition) is 2. The van der Waals surface area contributed by atoms with Gasteiger partial charge in [0.2, 0.25) is 5.91 Å². The van der Waals surface area contributed by atoms with Gasteiger partial charge in [0.25, 0.3) is 5.91 Å². The fourth-order valence-corrected chi connectivity index (χ4v) is 3.24. The zero-order valence-corrected chi connectivity index (χ0v) is 16.5. The topological polar surface area (TPSA) is 88.9 Å². The van der Waals surface area contributed by atoms with Crippen LogP contribution in [0.5, 0.6) is 0 Å². The molecule has 0 saturated heterocycles. The van der Waals surface area contributed by atoms with Crippen molar-refractivity contribution in [3.63, 3.8) is 0 Å². The van der Waals surface area contributed by atoms with Crippen LogP contribution < -0.4 is 10.6 Å². The summed E-state index contributed by atoms with van der Waals surface area (Å²) in [6.07, 6.45) is 1.58. The van der Waals surface area contributed by atoms with E-state index in [-0.39, 0.29) is 17.6 Å². The first kappa shape index (κ1) is 19.6. The highest BCUT2D eigenvalue weighted by atomic mass is 32.2. The molecule has 7 nitrogen and oxygen atoms in total. The standard InChI is InChI=1S/C20H21N5O2S/c1-14-6-3-4-7-16(14)11-21-19(27)15-8-5-9-17(10-15)23-18(26)12-28-20-24-22-13-25(20)2/h3-10,13H,11-12H2,1-2H3,(H,21,27)(H,23,26). The maximum absolute atomic E-state index is 12.4. The lowest BCUT2D eigenvalue weighted by atomic mass is 10.1. The molecule has 2 amide bonds. The van der Waals surface area contributed by atoms with E-state index in [1.165, 1.54) is 11.8 Å². The molecule has 3 rings (SSSR count). The first-order valence-electron chi connectivity index (χ1n) is 8.72. The summed E-state index contributed by atoms with van der Waals surface area (Å²) in [6.45, 7) is 2.47. The van der Waals surface area contributed by atoms with Crippen molar-refractivity contribution in [1.82, 2.24) is 20.1 Å². The molecule has 2 aromatic carbocycles. The van der Waals surface area contributed by atoms with Gasteiger partial charge in [0.15, 0.2) is 5.16 Å². The minimum Gasteiger partial charge on any atom is -0.348 e. The van der Waals surface area contributed by atoms with Crippen LogP contribution in [0.25, 0.3) is 0 Å². The van der Waals surface area contributed by atoms with Gasteiger partial charge >= 0.3 is 0 Å². The first-order valence-corrected chi connectivity index (χ1v) is 9.71. The summed E-state index contributed by atoms with van der Waals surface area (Å²) in [7, 11) is 1.82. The van der Waals surface area contributed by atoms with Gasteiger partial charge in [0, 0.05) is 24.8 Å². The highest BCUT2D eigenvalue weighted by Gasteiger charge is 2.10. The summed E-state index contributed by atoms with van der Waals surface area (Å²) in [6, 6.07) is 14.8. The number of thioether (sulfide) groups is 1. The summed E-state index contributed by atoms with van der Waals surface area (Å²) >= 11 is 1.30. The fourth-order valence-electron chi connectivity index (χ4n) is 2.55. The van der Waals surface area contributed by atoms with Gasteiger partial charge < -0.3 is 15.2 Å². The van der Waals surface area contributed by atoms with Gasteiger partial charge in [0.1, 0.15) is 6.33 Å². The van der Waals surface area contributed by atoms with Gasteiger partial charge in [-0.25, -0.2) is 0 Å². The third-order valence-corrected chi connectivity index (χ3v) is 5.15. The quantitative estimate of drug-likeness (QED) is 0.601. The number of carbonyl (C=O) groups excluding carboxylic acids is 2. The minimum atomic E-state index is -0.187. The molecular weight excluding hydrogens is 374 g/mol. The lowest BCUT2D eigenvalue weighted by Gasteiger charge is -2.10. The molecule has 0 aliphatic heterocycles. The largest absolute Gasteiger partial charge is 0.348 e. The number of nitrogens with one attached hydrogen (secondary N) is 2. The van der Waals surface area contributed by atoms with Crippen molar-refractivity contribution in [2.24, 2.45) is 7.05 Å². The Labute approximate surface area is 167 Å². The van der Waals surface area contributed by atoms with Crippen molar-refractivity contribution < 1.29 is 9.59 Å². The van der Waals surface area contributed by atoms with E-state index in [1.54, 1.807) is 35.2 Å². The van der Waals surface area contributed by atoms with E-state index < -0.39 is 0 Å². The SMILES string of the molecule is Cc1ccccc1CNC(=O)c1cccc(NC(=O)CSc2nncn2C)c1. The third-order valence-electron chi connectivity index (χ3n) is 4.11. The molecule has 1 aromatic heterocycles. The number of aryl methyl sites for hydroxylation is 2. The van der Waals surface area contributed by atoms with E-state index in [1.807, 2.05) is 38.2 Å². The second kappa shape index (κ2) is 9.18. The van der Waals surface area contributed by atoms with Crippen molar-refractivity contribution in [1.29, 1.82) is 0 Å². The van der Waals surface area contributed by atoms with Crippen LogP contribution in [0.4, 0.5) is 5.69 Å².